The van der Waals surface area contributed by atoms with Gasteiger partial charge < -0.3 is 37.2 Å². The molecule has 1 aliphatic heterocycles. The van der Waals surface area contributed by atoms with E-state index in [0.29, 0.717) is 24.2 Å². The van der Waals surface area contributed by atoms with E-state index in [4.69, 9.17) is 11.5 Å². The molecule has 0 radical (unpaired) electrons. The number of benzene rings is 1. The highest BCUT2D eigenvalue weighted by molar-refractivity contribution is 7.98. The number of carbonyl (C=O) groups excluding carboxylic acids is 4. The molecule has 1 aromatic carbocycles. The van der Waals surface area contributed by atoms with Crippen LogP contribution in [0.3, 0.4) is 0 Å². The number of carbonyl (C=O) groups is 5. The summed E-state index contributed by atoms with van der Waals surface area (Å²) in [7, 11) is 0. The quantitative estimate of drug-likeness (QED) is 0.186. The lowest BCUT2D eigenvalue weighted by molar-refractivity contribution is -0.145. The Morgan fingerprint density at radius 2 is 1.81 bits per heavy atom. The number of hydrogen-bond acceptors (Lipinski definition) is 8. The maximum Gasteiger partial charge on any atom is 0.326 e. The van der Waals surface area contributed by atoms with Crippen LogP contribution in [0.5, 0.6) is 5.75 Å². The van der Waals surface area contributed by atoms with Crippen LogP contribution in [-0.2, 0) is 30.4 Å². The molecule has 0 bridgehead atoms. The van der Waals surface area contributed by atoms with E-state index in [9.17, 15) is 34.2 Å². The van der Waals surface area contributed by atoms with E-state index < -0.39 is 60.2 Å². The molecule has 1 aromatic rings. The lowest BCUT2D eigenvalue weighted by atomic mass is 10.0. The van der Waals surface area contributed by atoms with Crippen LogP contribution in [0.4, 0.5) is 0 Å². The number of aliphatic carboxylic acids is 1. The Labute approximate surface area is 213 Å². The SMILES string of the molecule is CSCCC(N)C(=O)NC(Cc1ccc(O)cc1)C(=O)N1CCCC1C(=O)NC(CC(N)=O)C(=O)O. The molecule has 4 unspecified atom stereocenters. The van der Waals surface area contributed by atoms with Gasteiger partial charge in [0.25, 0.3) is 0 Å². The van der Waals surface area contributed by atoms with Gasteiger partial charge in [0, 0.05) is 13.0 Å². The molecule has 0 aromatic heterocycles. The summed E-state index contributed by atoms with van der Waals surface area (Å²) in [5.41, 5.74) is 11.7. The van der Waals surface area contributed by atoms with Crippen LogP contribution in [0.25, 0.3) is 0 Å². The van der Waals surface area contributed by atoms with Crippen molar-refractivity contribution in [2.45, 2.75) is 56.3 Å². The number of likely N-dealkylation sites (tertiary alicyclic amines) is 1. The summed E-state index contributed by atoms with van der Waals surface area (Å²) in [6, 6.07) is 1.79. The Morgan fingerprint density at radius 3 is 2.39 bits per heavy atom. The van der Waals surface area contributed by atoms with E-state index in [1.165, 1.54) is 28.8 Å². The van der Waals surface area contributed by atoms with Crippen molar-refractivity contribution in [3.63, 3.8) is 0 Å². The molecule has 1 saturated heterocycles. The first-order chi connectivity index (χ1) is 17.0. The zero-order valence-electron chi connectivity index (χ0n) is 20.0. The molecule has 12 nitrogen and oxygen atoms in total. The highest BCUT2D eigenvalue weighted by atomic mass is 32.2. The van der Waals surface area contributed by atoms with E-state index in [-0.39, 0.29) is 25.1 Å². The second-order valence-corrected chi connectivity index (χ2v) is 9.56. The van der Waals surface area contributed by atoms with Gasteiger partial charge in [-0.2, -0.15) is 11.8 Å². The molecule has 4 amide bonds. The molecule has 0 saturated carbocycles. The average molecular weight is 524 g/mol. The van der Waals surface area contributed by atoms with Crippen molar-refractivity contribution in [3.05, 3.63) is 29.8 Å². The molecular weight excluding hydrogens is 490 g/mol. The van der Waals surface area contributed by atoms with Crippen LogP contribution in [-0.4, -0.2) is 87.4 Å². The van der Waals surface area contributed by atoms with Crippen LogP contribution >= 0.6 is 11.8 Å². The number of nitrogens with zero attached hydrogens (tertiary/aromatic N) is 1. The van der Waals surface area contributed by atoms with Gasteiger partial charge in [0.05, 0.1) is 12.5 Å². The van der Waals surface area contributed by atoms with Crippen LogP contribution in [0, 0.1) is 0 Å². The van der Waals surface area contributed by atoms with E-state index in [0.717, 1.165) is 0 Å². The highest BCUT2D eigenvalue weighted by Crippen LogP contribution is 2.21. The molecule has 0 spiro atoms. The van der Waals surface area contributed by atoms with Crippen LogP contribution in [0.15, 0.2) is 24.3 Å². The Kier molecular flexibility index (Phi) is 11.0. The van der Waals surface area contributed by atoms with E-state index in [2.05, 4.69) is 10.6 Å². The second-order valence-electron chi connectivity index (χ2n) is 8.58. The molecule has 1 fully saturated rings. The van der Waals surface area contributed by atoms with Gasteiger partial charge >= 0.3 is 5.97 Å². The number of carboxylic acid groups (broad SMARTS) is 1. The average Bonchev–Trinajstić information content (AvgIpc) is 3.32. The Hall–Kier alpha value is -3.32. The molecular formula is C23H33N5O7S. The summed E-state index contributed by atoms with van der Waals surface area (Å²) in [6.07, 6.45) is 2.58. The Bertz CT molecular complexity index is 959. The predicted molar refractivity (Wildman–Crippen MR) is 133 cm³/mol. The second kappa shape index (κ2) is 13.7. The van der Waals surface area contributed by atoms with Crippen molar-refractivity contribution in [1.29, 1.82) is 0 Å². The van der Waals surface area contributed by atoms with Gasteiger partial charge in [-0.15, -0.1) is 0 Å². The maximum atomic E-state index is 13.5. The zero-order valence-corrected chi connectivity index (χ0v) is 20.8. The Balaban J connectivity index is 2.21. The fraction of sp³-hybridized carbons (Fsp3) is 0.522. The van der Waals surface area contributed by atoms with Crippen molar-refractivity contribution in [2.75, 3.05) is 18.6 Å². The highest BCUT2D eigenvalue weighted by Gasteiger charge is 2.39. The topological polar surface area (TPSA) is 205 Å². The zero-order chi connectivity index (χ0) is 26.8. The van der Waals surface area contributed by atoms with Crippen LogP contribution in [0.2, 0.25) is 0 Å². The van der Waals surface area contributed by atoms with Gasteiger partial charge in [-0.25, -0.2) is 4.79 Å². The lowest BCUT2D eigenvalue weighted by Crippen LogP contribution is -2.57. The molecule has 13 heteroatoms. The number of hydrogen-bond donors (Lipinski definition) is 6. The number of thioether (sulfide) groups is 1. The molecule has 8 N–H and O–H groups in total. The lowest BCUT2D eigenvalue weighted by Gasteiger charge is -2.30. The van der Waals surface area contributed by atoms with Gasteiger partial charge in [0.1, 0.15) is 23.9 Å². The first kappa shape index (κ1) is 28.9. The predicted octanol–water partition coefficient (Wildman–Crippen LogP) is -1.06. The largest absolute Gasteiger partial charge is 0.508 e. The van der Waals surface area contributed by atoms with Crippen LogP contribution in [0.1, 0.15) is 31.2 Å². The molecule has 198 valence electrons. The molecule has 2 rings (SSSR count). The molecule has 0 aliphatic carbocycles. The minimum Gasteiger partial charge on any atom is -0.508 e. The van der Waals surface area contributed by atoms with Crippen molar-refractivity contribution >= 4 is 41.4 Å². The van der Waals surface area contributed by atoms with Crippen molar-refractivity contribution in [3.8, 4) is 5.75 Å². The molecule has 4 atom stereocenters. The van der Waals surface area contributed by atoms with Crippen molar-refractivity contribution < 1.29 is 34.2 Å². The third-order valence-electron chi connectivity index (χ3n) is 5.82. The number of phenols is 1. The van der Waals surface area contributed by atoms with E-state index in [1.807, 2.05) is 6.26 Å². The number of nitrogens with two attached hydrogens (primary N) is 2. The minimum atomic E-state index is -1.52. The van der Waals surface area contributed by atoms with Gasteiger partial charge in [-0.3, -0.25) is 19.2 Å². The van der Waals surface area contributed by atoms with E-state index in [1.54, 1.807) is 12.1 Å². The number of rotatable bonds is 13. The number of nitrogens with one attached hydrogen (secondary N) is 2. The standard InChI is InChI=1S/C23H33N5O7S/c1-36-10-8-15(24)20(31)26-16(11-13-4-6-14(29)7-5-13)22(33)28-9-2-3-18(28)21(32)27-17(23(34)35)12-19(25)30/h4-7,15-18,29H,2-3,8-12,24H2,1H3,(H2,25,30)(H,26,31)(H,27,32)(H,34,35). The summed E-state index contributed by atoms with van der Waals surface area (Å²) in [4.78, 5) is 63.0. The van der Waals surface area contributed by atoms with Gasteiger partial charge in [0.15, 0.2) is 0 Å². The summed E-state index contributed by atoms with van der Waals surface area (Å²) < 4.78 is 0. The van der Waals surface area contributed by atoms with Crippen molar-refractivity contribution in [1.82, 2.24) is 15.5 Å². The molecule has 1 aliphatic rings. The summed E-state index contributed by atoms with van der Waals surface area (Å²) in [5, 5.41) is 23.8. The summed E-state index contributed by atoms with van der Waals surface area (Å²) in [6.45, 7) is 0.227. The normalized spacial score (nSPS) is 17.6. The maximum absolute atomic E-state index is 13.5. The number of aromatic hydroxyl groups is 1. The number of primary amides is 1. The third kappa shape index (κ3) is 8.41. The smallest absolute Gasteiger partial charge is 0.326 e. The van der Waals surface area contributed by atoms with Crippen LogP contribution < -0.4 is 22.1 Å². The molecule has 36 heavy (non-hydrogen) atoms. The third-order valence-corrected chi connectivity index (χ3v) is 6.46. The van der Waals surface area contributed by atoms with Gasteiger partial charge in [-0.1, -0.05) is 12.1 Å². The molecule has 1 heterocycles. The number of carboxylic acids is 1. The fourth-order valence-corrected chi connectivity index (χ4v) is 4.38. The first-order valence-corrected chi connectivity index (χ1v) is 12.9. The van der Waals surface area contributed by atoms with E-state index >= 15 is 0 Å². The first-order valence-electron chi connectivity index (χ1n) is 11.5. The number of amides is 4. The Morgan fingerprint density at radius 1 is 1.14 bits per heavy atom. The number of phenolic OH excluding ortho intramolecular Hbond substituents is 1. The van der Waals surface area contributed by atoms with Crippen molar-refractivity contribution in [2.24, 2.45) is 11.5 Å². The summed E-state index contributed by atoms with van der Waals surface area (Å²) >= 11 is 1.54. The van der Waals surface area contributed by atoms with Gasteiger partial charge in [0.2, 0.25) is 23.6 Å². The monoisotopic (exact) mass is 523 g/mol. The minimum absolute atomic E-state index is 0.0463. The van der Waals surface area contributed by atoms with Gasteiger partial charge in [-0.05, 0) is 49.0 Å². The summed E-state index contributed by atoms with van der Waals surface area (Å²) in [5.74, 6) is -3.35. The fourth-order valence-electron chi connectivity index (χ4n) is 3.89.